The molecule has 0 aliphatic rings. The van der Waals surface area contributed by atoms with Crippen molar-refractivity contribution >= 4 is 11.8 Å². The SMILES string of the molecule is NNC(=O)COCC(=O)NN.Oc1ccccc1O. The normalized spacial score (nSPS) is 8.95. The molecule has 8 N–H and O–H groups in total. The van der Waals surface area contributed by atoms with E-state index in [0.717, 1.165) is 0 Å². The molecule has 0 saturated carbocycles. The fraction of sp³-hybridized carbons (Fsp3) is 0.200. The van der Waals surface area contributed by atoms with Crippen molar-refractivity contribution in [3.8, 4) is 11.5 Å². The van der Waals surface area contributed by atoms with Crippen LogP contribution >= 0.6 is 0 Å². The molecule has 1 aromatic rings. The van der Waals surface area contributed by atoms with E-state index >= 15 is 0 Å². The van der Waals surface area contributed by atoms with E-state index in [1.807, 2.05) is 10.9 Å². The molecule has 2 amide bonds. The molecule has 0 saturated heterocycles. The van der Waals surface area contributed by atoms with E-state index in [2.05, 4.69) is 4.74 Å². The molecule has 0 spiro atoms. The predicted octanol–water partition coefficient (Wildman–Crippen LogP) is -1.92. The molecule has 1 rings (SSSR count). The summed E-state index contributed by atoms with van der Waals surface area (Å²) in [5.74, 6) is 8.27. The summed E-state index contributed by atoms with van der Waals surface area (Å²) in [5.41, 5.74) is 3.66. The second-order valence-electron chi connectivity index (χ2n) is 3.12. The second kappa shape index (κ2) is 9.65. The average molecular weight is 272 g/mol. The van der Waals surface area contributed by atoms with Crippen LogP contribution in [0.5, 0.6) is 11.5 Å². The third-order valence-corrected chi connectivity index (χ3v) is 1.67. The Morgan fingerprint density at radius 1 is 1.00 bits per heavy atom. The summed E-state index contributed by atoms with van der Waals surface area (Å²) in [6, 6.07) is 6.15. The van der Waals surface area contributed by atoms with Gasteiger partial charge in [-0.25, -0.2) is 11.7 Å². The van der Waals surface area contributed by atoms with Gasteiger partial charge in [-0.1, -0.05) is 12.1 Å². The van der Waals surface area contributed by atoms with Gasteiger partial charge in [-0.3, -0.25) is 20.4 Å². The monoisotopic (exact) mass is 272 g/mol. The molecule has 1 aromatic carbocycles. The highest BCUT2D eigenvalue weighted by Gasteiger charge is 2.00. The zero-order valence-corrected chi connectivity index (χ0v) is 10.00. The number of phenols is 2. The molecular weight excluding hydrogens is 256 g/mol. The minimum absolute atomic E-state index is 0.0764. The van der Waals surface area contributed by atoms with E-state index in [4.69, 9.17) is 21.9 Å². The topological polar surface area (TPSA) is 160 Å². The molecule has 9 nitrogen and oxygen atoms in total. The molecule has 0 heterocycles. The third-order valence-electron chi connectivity index (χ3n) is 1.67. The van der Waals surface area contributed by atoms with Gasteiger partial charge >= 0.3 is 0 Å². The lowest BCUT2D eigenvalue weighted by Crippen LogP contribution is -2.37. The molecule has 19 heavy (non-hydrogen) atoms. The summed E-state index contributed by atoms with van der Waals surface area (Å²) < 4.78 is 4.55. The third kappa shape index (κ3) is 8.37. The number of phenolic OH excluding ortho intramolecular Hbond substituents is 2. The first-order chi connectivity index (χ1) is 9.01. The lowest BCUT2D eigenvalue weighted by atomic mass is 10.3. The van der Waals surface area contributed by atoms with Crippen LogP contribution in [0.25, 0.3) is 0 Å². The second-order valence-corrected chi connectivity index (χ2v) is 3.12. The number of para-hydroxylation sites is 2. The standard InChI is InChI=1S/C6H6O2.C4H10N4O3/c7-5-3-1-2-4-6(5)8;5-7-3(9)1-11-2-4(10)8-6/h1-4,7-8H;1-2,5-6H2,(H,7,9)(H,8,10). The van der Waals surface area contributed by atoms with Crippen LogP contribution in [0.15, 0.2) is 24.3 Å². The van der Waals surface area contributed by atoms with Crippen molar-refractivity contribution in [2.45, 2.75) is 0 Å². The number of rotatable bonds is 4. The first-order valence-electron chi connectivity index (χ1n) is 5.04. The van der Waals surface area contributed by atoms with Gasteiger partial charge in [-0.2, -0.15) is 0 Å². The fourth-order valence-electron chi connectivity index (χ4n) is 0.784. The van der Waals surface area contributed by atoms with Gasteiger partial charge in [0.2, 0.25) is 0 Å². The fourth-order valence-corrected chi connectivity index (χ4v) is 0.784. The first kappa shape index (κ1) is 16.6. The Labute approximate surface area is 109 Å². The summed E-state index contributed by atoms with van der Waals surface area (Å²) in [6.07, 6.45) is 0. The zero-order chi connectivity index (χ0) is 14.7. The van der Waals surface area contributed by atoms with Gasteiger partial charge in [0.05, 0.1) is 0 Å². The van der Waals surface area contributed by atoms with Crippen molar-refractivity contribution < 1.29 is 24.5 Å². The van der Waals surface area contributed by atoms with Crippen molar-refractivity contribution in [1.29, 1.82) is 0 Å². The minimum Gasteiger partial charge on any atom is -0.504 e. The number of aromatic hydroxyl groups is 2. The maximum absolute atomic E-state index is 10.4. The molecule has 0 aliphatic heterocycles. The Morgan fingerprint density at radius 3 is 1.63 bits per heavy atom. The number of carbonyl (C=O) groups excluding carboxylic acids is 2. The summed E-state index contributed by atoms with van der Waals surface area (Å²) >= 11 is 0. The molecule has 0 aliphatic carbocycles. The minimum atomic E-state index is -0.505. The Balaban J connectivity index is 0.000000356. The van der Waals surface area contributed by atoms with Gasteiger partial charge in [-0.05, 0) is 12.1 Å². The molecule has 0 fully saturated rings. The number of benzene rings is 1. The number of nitrogens with one attached hydrogen (secondary N) is 2. The maximum Gasteiger partial charge on any atom is 0.259 e. The maximum atomic E-state index is 10.4. The van der Waals surface area contributed by atoms with Crippen molar-refractivity contribution in [2.24, 2.45) is 11.7 Å². The Hall–Kier alpha value is -2.36. The van der Waals surface area contributed by atoms with E-state index in [-0.39, 0.29) is 24.7 Å². The van der Waals surface area contributed by atoms with E-state index in [1.54, 1.807) is 12.1 Å². The predicted molar refractivity (Wildman–Crippen MR) is 65.3 cm³/mol. The lowest BCUT2D eigenvalue weighted by molar-refractivity contribution is -0.131. The van der Waals surface area contributed by atoms with Gasteiger partial charge in [-0.15, -0.1) is 0 Å². The number of nitrogens with two attached hydrogens (primary N) is 2. The lowest BCUT2D eigenvalue weighted by Gasteiger charge is -2.00. The highest BCUT2D eigenvalue weighted by molar-refractivity contribution is 5.78. The van der Waals surface area contributed by atoms with Gasteiger partial charge in [0.25, 0.3) is 11.8 Å². The molecule has 0 radical (unpaired) electrons. The van der Waals surface area contributed by atoms with Crippen LogP contribution in [0.4, 0.5) is 0 Å². The first-order valence-corrected chi connectivity index (χ1v) is 5.04. The van der Waals surface area contributed by atoms with Crippen LogP contribution in [0.3, 0.4) is 0 Å². The summed E-state index contributed by atoms with van der Waals surface area (Å²) in [4.78, 5) is 20.7. The number of hydrogen-bond acceptors (Lipinski definition) is 7. The van der Waals surface area contributed by atoms with Crippen molar-refractivity contribution in [2.75, 3.05) is 13.2 Å². The van der Waals surface area contributed by atoms with Crippen LogP contribution in [0.1, 0.15) is 0 Å². The van der Waals surface area contributed by atoms with Crippen LogP contribution in [-0.2, 0) is 14.3 Å². The largest absolute Gasteiger partial charge is 0.504 e. The molecule has 0 unspecified atom stereocenters. The van der Waals surface area contributed by atoms with E-state index in [0.29, 0.717) is 0 Å². The molecule has 0 atom stereocenters. The molecular formula is C10H16N4O5. The number of amides is 2. The Morgan fingerprint density at radius 2 is 1.37 bits per heavy atom. The Bertz CT molecular complexity index is 376. The summed E-state index contributed by atoms with van der Waals surface area (Å²) in [7, 11) is 0. The van der Waals surface area contributed by atoms with E-state index in [1.165, 1.54) is 12.1 Å². The van der Waals surface area contributed by atoms with Crippen molar-refractivity contribution in [3.05, 3.63) is 24.3 Å². The van der Waals surface area contributed by atoms with Crippen LogP contribution in [0.2, 0.25) is 0 Å². The highest BCUT2D eigenvalue weighted by Crippen LogP contribution is 2.21. The Kier molecular flexibility index (Phi) is 8.45. The van der Waals surface area contributed by atoms with Gasteiger partial charge in [0.1, 0.15) is 13.2 Å². The summed E-state index contributed by atoms with van der Waals surface area (Å²) in [6.45, 7) is -0.520. The molecule has 0 bridgehead atoms. The number of hydrogen-bond donors (Lipinski definition) is 6. The van der Waals surface area contributed by atoms with Gasteiger partial charge in [0.15, 0.2) is 11.5 Å². The molecule has 9 heteroatoms. The average Bonchev–Trinajstić information content (AvgIpc) is 2.42. The molecule has 0 aromatic heterocycles. The smallest absolute Gasteiger partial charge is 0.259 e. The van der Waals surface area contributed by atoms with E-state index < -0.39 is 11.8 Å². The van der Waals surface area contributed by atoms with Crippen LogP contribution in [-0.4, -0.2) is 35.2 Å². The van der Waals surface area contributed by atoms with Gasteiger partial charge < -0.3 is 14.9 Å². The van der Waals surface area contributed by atoms with E-state index in [9.17, 15) is 9.59 Å². The quantitative estimate of drug-likeness (QED) is 0.161. The van der Waals surface area contributed by atoms with Crippen LogP contribution in [0, 0.1) is 0 Å². The zero-order valence-electron chi connectivity index (χ0n) is 10.00. The van der Waals surface area contributed by atoms with Crippen LogP contribution < -0.4 is 22.5 Å². The van der Waals surface area contributed by atoms with Crippen molar-refractivity contribution in [3.63, 3.8) is 0 Å². The van der Waals surface area contributed by atoms with Gasteiger partial charge in [0, 0.05) is 0 Å². The van der Waals surface area contributed by atoms with Crippen molar-refractivity contribution in [1.82, 2.24) is 10.9 Å². The highest BCUT2D eigenvalue weighted by atomic mass is 16.5. The molecule has 106 valence electrons. The number of hydrazine groups is 2. The number of ether oxygens (including phenoxy) is 1. The summed E-state index contributed by atoms with van der Waals surface area (Å²) in [5, 5.41) is 17.3. The number of carbonyl (C=O) groups is 2.